The second kappa shape index (κ2) is 9.50. The highest BCUT2D eigenvalue weighted by molar-refractivity contribution is 5.99. The van der Waals surface area contributed by atoms with E-state index in [2.05, 4.69) is 20.4 Å². The van der Waals surface area contributed by atoms with Crippen LogP contribution in [-0.2, 0) is 19.6 Å². The van der Waals surface area contributed by atoms with E-state index in [0.717, 1.165) is 45.4 Å². The average Bonchev–Trinajstić information content (AvgIpc) is 3.28. The van der Waals surface area contributed by atoms with E-state index < -0.39 is 11.7 Å². The van der Waals surface area contributed by atoms with Crippen molar-refractivity contribution >= 4 is 28.3 Å². The lowest BCUT2D eigenvalue weighted by Crippen LogP contribution is -2.08. The van der Waals surface area contributed by atoms with Gasteiger partial charge in [-0.1, -0.05) is 36.4 Å². The van der Waals surface area contributed by atoms with Gasteiger partial charge >= 0.3 is 6.18 Å². The molecule has 0 bridgehead atoms. The lowest BCUT2D eigenvalue weighted by atomic mass is 9.94. The first-order valence-electron chi connectivity index (χ1n) is 11.5. The Balaban J connectivity index is 1.40. The van der Waals surface area contributed by atoms with E-state index >= 15 is 0 Å². The maximum absolute atomic E-state index is 13.0. The molecule has 9 heteroatoms. The second-order valence-electron chi connectivity index (χ2n) is 8.82. The third-order valence-electron chi connectivity index (χ3n) is 6.03. The number of aryl methyl sites for hydroxylation is 2. The van der Waals surface area contributed by atoms with Crippen molar-refractivity contribution in [3.63, 3.8) is 0 Å². The summed E-state index contributed by atoms with van der Waals surface area (Å²) in [6.45, 7) is 1.94. The Kier molecular flexibility index (Phi) is 6.20. The van der Waals surface area contributed by atoms with E-state index in [-0.39, 0.29) is 12.2 Å². The number of nitrogens with zero attached hydrogens (tertiary/aromatic N) is 4. The number of nitrogens with one attached hydrogen (secondary N) is 1. The van der Waals surface area contributed by atoms with Crippen molar-refractivity contribution in [3.8, 4) is 11.1 Å². The molecule has 0 radical (unpaired) electrons. The van der Waals surface area contributed by atoms with Crippen LogP contribution in [0.1, 0.15) is 27.0 Å². The minimum atomic E-state index is -4.45. The molecule has 0 saturated heterocycles. The molecule has 0 unspecified atom stereocenters. The van der Waals surface area contributed by atoms with Crippen LogP contribution in [0.5, 0.6) is 0 Å². The van der Waals surface area contributed by atoms with Crippen molar-refractivity contribution in [2.45, 2.75) is 19.5 Å². The Bertz CT molecular complexity index is 1620. The molecule has 0 aliphatic heterocycles. The Morgan fingerprint density at radius 3 is 2.62 bits per heavy atom. The monoisotopic (exact) mass is 501 g/mol. The summed E-state index contributed by atoms with van der Waals surface area (Å²) >= 11 is 0. The zero-order chi connectivity index (χ0) is 26.2. The van der Waals surface area contributed by atoms with E-state index in [9.17, 15) is 18.0 Å². The number of rotatable bonds is 6. The molecule has 0 aliphatic carbocycles. The minimum Gasteiger partial charge on any atom is -0.321 e. The second-order valence-corrected chi connectivity index (χ2v) is 8.82. The number of Topliss-reactive ketones (excluding diaryl/α,β-unsaturated/α-hetero) is 1. The van der Waals surface area contributed by atoms with Gasteiger partial charge < -0.3 is 5.32 Å². The number of halogens is 3. The van der Waals surface area contributed by atoms with Crippen LogP contribution in [-0.4, -0.2) is 25.5 Å². The summed E-state index contributed by atoms with van der Waals surface area (Å²) in [5, 5.41) is 8.06. The maximum Gasteiger partial charge on any atom is 0.416 e. The molecule has 5 aromatic rings. The molecule has 186 valence electrons. The van der Waals surface area contributed by atoms with Crippen molar-refractivity contribution in [2.24, 2.45) is 7.05 Å². The summed E-state index contributed by atoms with van der Waals surface area (Å²) in [6.07, 6.45) is 0.653. The highest BCUT2D eigenvalue weighted by Crippen LogP contribution is 2.31. The Morgan fingerprint density at radius 1 is 1.03 bits per heavy atom. The van der Waals surface area contributed by atoms with Crippen LogP contribution in [0.3, 0.4) is 0 Å². The molecule has 1 N–H and O–H groups in total. The molecular weight excluding hydrogens is 479 g/mol. The van der Waals surface area contributed by atoms with E-state index in [0.29, 0.717) is 17.1 Å². The molecule has 5 rings (SSSR count). The fourth-order valence-corrected chi connectivity index (χ4v) is 4.13. The predicted octanol–water partition coefficient (Wildman–Crippen LogP) is 6.53. The number of ketones is 1. The van der Waals surface area contributed by atoms with Gasteiger partial charge in [0.15, 0.2) is 5.78 Å². The van der Waals surface area contributed by atoms with Crippen molar-refractivity contribution in [1.29, 1.82) is 0 Å². The largest absolute Gasteiger partial charge is 0.416 e. The van der Waals surface area contributed by atoms with Crippen LogP contribution in [0.4, 0.5) is 24.8 Å². The van der Waals surface area contributed by atoms with Crippen LogP contribution in [0.15, 0.2) is 79.3 Å². The molecule has 0 spiro atoms. The first-order valence-corrected chi connectivity index (χ1v) is 11.5. The fourth-order valence-electron chi connectivity index (χ4n) is 4.13. The van der Waals surface area contributed by atoms with Gasteiger partial charge in [0.25, 0.3) is 0 Å². The highest BCUT2D eigenvalue weighted by atomic mass is 19.4. The maximum atomic E-state index is 13.0. The molecule has 37 heavy (non-hydrogen) atoms. The van der Waals surface area contributed by atoms with Crippen molar-refractivity contribution < 1.29 is 18.0 Å². The average molecular weight is 502 g/mol. The number of carbonyl (C=O) groups is 1. The van der Waals surface area contributed by atoms with Crippen LogP contribution in [0.2, 0.25) is 0 Å². The van der Waals surface area contributed by atoms with Crippen LogP contribution in [0, 0.1) is 6.92 Å². The summed E-state index contributed by atoms with van der Waals surface area (Å²) in [7, 11) is 1.82. The Morgan fingerprint density at radius 2 is 1.86 bits per heavy atom. The van der Waals surface area contributed by atoms with Gasteiger partial charge in [-0.2, -0.15) is 18.3 Å². The van der Waals surface area contributed by atoms with Gasteiger partial charge in [-0.15, -0.1) is 0 Å². The number of hydrogen-bond acceptors (Lipinski definition) is 5. The zero-order valence-electron chi connectivity index (χ0n) is 20.0. The topological polar surface area (TPSA) is 72.7 Å². The summed E-state index contributed by atoms with van der Waals surface area (Å²) in [5.41, 5.74) is 4.22. The van der Waals surface area contributed by atoms with Gasteiger partial charge in [0.1, 0.15) is 0 Å². The summed E-state index contributed by atoms with van der Waals surface area (Å²) in [6, 6.07) is 16.0. The van der Waals surface area contributed by atoms with Crippen LogP contribution in [0.25, 0.3) is 22.0 Å². The van der Waals surface area contributed by atoms with Crippen LogP contribution >= 0.6 is 0 Å². The number of fused-ring (bicyclic) bond motifs is 1. The first-order chi connectivity index (χ1) is 17.7. The first kappa shape index (κ1) is 24.2. The molecule has 0 atom stereocenters. The van der Waals surface area contributed by atoms with Crippen molar-refractivity contribution in [2.75, 3.05) is 5.32 Å². The van der Waals surface area contributed by atoms with E-state index in [1.807, 2.05) is 44.4 Å². The lowest BCUT2D eigenvalue weighted by molar-refractivity contribution is -0.137. The third kappa shape index (κ3) is 5.35. The van der Waals surface area contributed by atoms with Gasteiger partial charge in [-0.3, -0.25) is 9.48 Å². The van der Waals surface area contributed by atoms with Crippen LogP contribution < -0.4 is 5.32 Å². The van der Waals surface area contributed by atoms with Gasteiger partial charge in [0.2, 0.25) is 5.95 Å². The molecule has 0 saturated carbocycles. The molecule has 6 nitrogen and oxygen atoms in total. The summed E-state index contributed by atoms with van der Waals surface area (Å²) < 4.78 is 40.8. The molecule has 0 fully saturated rings. The molecule has 0 amide bonds. The van der Waals surface area contributed by atoms with Crippen molar-refractivity contribution in [3.05, 3.63) is 102 Å². The van der Waals surface area contributed by atoms with E-state index in [1.165, 1.54) is 12.1 Å². The van der Waals surface area contributed by atoms with Gasteiger partial charge in [0, 0.05) is 36.8 Å². The summed E-state index contributed by atoms with van der Waals surface area (Å²) in [5.74, 6) is 0.197. The number of anilines is 2. The highest BCUT2D eigenvalue weighted by Gasteiger charge is 2.30. The van der Waals surface area contributed by atoms with E-state index in [1.54, 1.807) is 29.2 Å². The molecule has 3 aromatic carbocycles. The smallest absolute Gasteiger partial charge is 0.321 e. The Hall–Kier alpha value is -4.53. The van der Waals surface area contributed by atoms with E-state index in [4.69, 9.17) is 0 Å². The molecule has 2 heterocycles. The zero-order valence-corrected chi connectivity index (χ0v) is 20.0. The number of aromatic nitrogens is 4. The van der Waals surface area contributed by atoms with Gasteiger partial charge in [0.05, 0.1) is 23.0 Å². The van der Waals surface area contributed by atoms with Gasteiger partial charge in [-0.05, 0) is 53.4 Å². The Labute approximate surface area is 210 Å². The number of benzene rings is 3. The standard InChI is InChI=1S/C28H22F3N5O/c1-17-6-7-20(26(37)11-18-4-3-5-22(10-18)28(29,30)31)13-24(17)19-8-9-25-21(12-19)14-32-27(35-25)34-23-15-33-36(2)16-23/h3-10,12-16H,11H2,1-2H3,(H,32,34,35). The van der Waals surface area contributed by atoms with Crippen molar-refractivity contribution in [1.82, 2.24) is 19.7 Å². The molecule has 2 aromatic heterocycles. The SMILES string of the molecule is Cc1ccc(C(=O)Cc2cccc(C(F)(F)F)c2)cc1-c1ccc2nc(Nc3cnn(C)c3)ncc2c1. The lowest BCUT2D eigenvalue weighted by Gasteiger charge is -2.11. The molecular formula is C28H22F3N5O. The fraction of sp³-hybridized carbons (Fsp3) is 0.143. The summed E-state index contributed by atoms with van der Waals surface area (Å²) in [4.78, 5) is 21.9. The normalized spacial score (nSPS) is 11.6. The number of hydrogen-bond donors (Lipinski definition) is 1. The predicted molar refractivity (Wildman–Crippen MR) is 136 cm³/mol. The number of alkyl halides is 3. The minimum absolute atomic E-state index is 0.120. The third-order valence-corrected chi connectivity index (χ3v) is 6.03. The molecule has 0 aliphatic rings. The van der Waals surface area contributed by atoms with Gasteiger partial charge in [-0.25, -0.2) is 9.97 Å². The number of carbonyl (C=O) groups excluding carboxylic acids is 1. The quantitative estimate of drug-likeness (QED) is 0.268.